The van der Waals surface area contributed by atoms with Crippen LogP contribution in [0.15, 0.2) is 22.7 Å². The van der Waals surface area contributed by atoms with E-state index in [9.17, 15) is 5.11 Å². The third-order valence-corrected chi connectivity index (χ3v) is 2.94. The number of halogens is 1. The minimum absolute atomic E-state index is 0.0404. The molecule has 1 rings (SSSR count). The molecule has 0 spiro atoms. The number of hydrogen-bond acceptors (Lipinski definition) is 3. The standard InChI is InChI=1S/C12H15BrN2O/c1-8(2)12(7-16)15-11-5-10(13)4-3-9(11)6-14/h3-5,8,12,15-16H,7H2,1-2H3. The van der Waals surface area contributed by atoms with Crippen molar-refractivity contribution in [3.63, 3.8) is 0 Å². The van der Waals surface area contributed by atoms with E-state index in [1.165, 1.54) is 0 Å². The molecule has 3 nitrogen and oxygen atoms in total. The Hall–Kier alpha value is -1.05. The van der Waals surface area contributed by atoms with Gasteiger partial charge in [0.1, 0.15) is 6.07 Å². The fraction of sp³-hybridized carbons (Fsp3) is 0.417. The molecule has 1 unspecified atom stereocenters. The summed E-state index contributed by atoms with van der Waals surface area (Å²) in [5.41, 5.74) is 1.34. The van der Waals surface area contributed by atoms with Crippen LogP contribution in [0.5, 0.6) is 0 Å². The fourth-order valence-corrected chi connectivity index (χ4v) is 1.72. The van der Waals surface area contributed by atoms with Gasteiger partial charge in [0, 0.05) is 4.47 Å². The highest BCUT2D eigenvalue weighted by molar-refractivity contribution is 9.10. The van der Waals surface area contributed by atoms with E-state index in [0.717, 1.165) is 10.2 Å². The van der Waals surface area contributed by atoms with Crippen molar-refractivity contribution >= 4 is 21.6 Å². The van der Waals surface area contributed by atoms with Crippen molar-refractivity contribution in [2.45, 2.75) is 19.9 Å². The summed E-state index contributed by atoms with van der Waals surface area (Å²) >= 11 is 3.36. The van der Waals surface area contributed by atoms with Crippen molar-refractivity contribution in [3.8, 4) is 6.07 Å². The van der Waals surface area contributed by atoms with Crippen molar-refractivity contribution < 1.29 is 5.11 Å². The number of anilines is 1. The average molecular weight is 283 g/mol. The van der Waals surface area contributed by atoms with Gasteiger partial charge in [-0.1, -0.05) is 29.8 Å². The number of benzene rings is 1. The average Bonchev–Trinajstić information content (AvgIpc) is 2.25. The molecule has 0 heterocycles. The van der Waals surface area contributed by atoms with Gasteiger partial charge < -0.3 is 10.4 Å². The third-order valence-electron chi connectivity index (χ3n) is 2.44. The summed E-state index contributed by atoms with van der Waals surface area (Å²) in [7, 11) is 0. The monoisotopic (exact) mass is 282 g/mol. The largest absolute Gasteiger partial charge is 0.394 e. The van der Waals surface area contributed by atoms with Crippen LogP contribution in [0.25, 0.3) is 0 Å². The van der Waals surface area contributed by atoms with Gasteiger partial charge in [0.15, 0.2) is 0 Å². The Labute approximate surface area is 104 Å². The maximum atomic E-state index is 9.23. The van der Waals surface area contributed by atoms with E-state index in [2.05, 4.69) is 27.3 Å². The maximum absolute atomic E-state index is 9.23. The van der Waals surface area contributed by atoms with Gasteiger partial charge in [-0.05, 0) is 24.1 Å². The highest BCUT2D eigenvalue weighted by atomic mass is 79.9. The molecule has 4 heteroatoms. The number of hydrogen-bond donors (Lipinski definition) is 2. The van der Waals surface area contributed by atoms with Crippen molar-refractivity contribution in [2.24, 2.45) is 5.92 Å². The second-order valence-corrected chi connectivity index (χ2v) is 4.89. The van der Waals surface area contributed by atoms with Gasteiger partial charge in [-0.2, -0.15) is 5.26 Å². The van der Waals surface area contributed by atoms with Crippen LogP contribution in [0.4, 0.5) is 5.69 Å². The van der Waals surface area contributed by atoms with Crippen LogP contribution in [0.2, 0.25) is 0 Å². The zero-order valence-electron chi connectivity index (χ0n) is 9.37. The third kappa shape index (κ3) is 3.22. The van der Waals surface area contributed by atoms with E-state index in [1.807, 2.05) is 26.0 Å². The molecule has 0 bridgehead atoms. The second kappa shape index (κ2) is 5.88. The highest BCUT2D eigenvalue weighted by Crippen LogP contribution is 2.22. The predicted octanol–water partition coefficient (Wildman–Crippen LogP) is 2.75. The van der Waals surface area contributed by atoms with Gasteiger partial charge in [-0.15, -0.1) is 0 Å². The lowest BCUT2D eigenvalue weighted by Gasteiger charge is -2.21. The molecule has 0 saturated heterocycles. The van der Waals surface area contributed by atoms with E-state index in [-0.39, 0.29) is 12.6 Å². The maximum Gasteiger partial charge on any atom is 0.101 e. The van der Waals surface area contributed by atoms with E-state index in [4.69, 9.17) is 5.26 Å². The Morgan fingerprint density at radius 1 is 1.50 bits per heavy atom. The Bertz CT molecular complexity index is 398. The zero-order chi connectivity index (χ0) is 12.1. The molecular formula is C12H15BrN2O. The number of rotatable bonds is 4. The first-order valence-corrected chi connectivity index (χ1v) is 5.94. The minimum Gasteiger partial charge on any atom is -0.394 e. The zero-order valence-corrected chi connectivity index (χ0v) is 11.0. The highest BCUT2D eigenvalue weighted by Gasteiger charge is 2.13. The van der Waals surface area contributed by atoms with Crippen LogP contribution < -0.4 is 5.32 Å². The molecule has 16 heavy (non-hydrogen) atoms. The Morgan fingerprint density at radius 3 is 2.69 bits per heavy atom. The smallest absolute Gasteiger partial charge is 0.101 e. The van der Waals surface area contributed by atoms with Crippen LogP contribution in [0.1, 0.15) is 19.4 Å². The summed E-state index contributed by atoms with van der Waals surface area (Å²) in [6.07, 6.45) is 0. The molecule has 0 saturated carbocycles. The normalized spacial score (nSPS) is 12.2. The Balaban J connectivity index is 2.95. The quantitative estimate of drug-likeness (QED) is 0.893. The molecular weight excluding hydrogens is 268 g/mol. The topological polar surface area (TPSA) is 56.0 Å². The molecule has 1 aromatic carbocycles. The predicted molar refractivity (Wildman–Crippen MR) is 68.2 cm³/mol. The van der Waals surface area contributed by atoms with Crippen LogP contribution in [-0.4, -0.2) is 17.8 Å². The lowest BCUT2D eigenvalue weighted by Crippen LogP contribution is -2.29. The molecule has 0 aliphatic rings. The van der Waals surface area contributed by atoms with Crippen molar-refractivity contribution in [3.05, 3.63) is 28.2 Å². The van der Waals surface area contributed by atoms with E-state index in [0.29, 0.717) is 11.5 Å². The van der Waals surface area contributed by atoms with Gasteiger partial charge >= 0.3 is 0 Å². The van der Waals surface area contributed by atoms with E-state index >= 15 is 0 Å². The molecule has 0 aromatic heterocycles. The summed E-state index contributed by atoms with van der Waals surface area (Å²) in [6.45, 7) is 4.10. The molecule has 2 N–H and O–H groups in total. The van der Waals surface area contributed by atoms with Crippen molar-refractivity contribution in [1.82, 2.24) is 0 Å². The lowest BCUT2D eigenvalue weighted by atomic mass is 10.0. The summed E-state index contributed by atoms with van der Waals surface area (Å²) < 4.78 is 0.912. The van der Waals surface area contributed by atoms with Crippen LogP contribution in [0, 0.1) is 17.2 Å². The van der Waals surface area contributed by atoms with Crippen LogP contribution >= 0.6 is 15.9 Å². The molecule has 0 fully saturated rings. The van der Waals surface area contributed by atoms with Gasteiger partial charge in [0.05, 0.1) is 23.9 Å². The minimum atomic E-state index is -0.0404. The summed E-state index contributed by atoms with van der Waals surface area (Å²) in [6, 6.07) is 7.51. The summed E-state index contributed by atoms with van der Waals surface area (Å²) in [4.78, 5) is 0. The molecule has 0 radical (unpaired) electrons. The van der Waals surface area contributed by atoms with Crippen molar-refractivity contribution in [2.75, 3.05) is 11.9 Å². The Morgan fingerprint density at radius 2 is 2.19 bits per heavy atom. The number of aliphatic hydroxyl groups excluding tert-OH is 1. The first kappa shape index (κ1) is 13.0. The first-order valence-electron chi connectivity index (χ1n) is 5.15. The van der Waals surface area contributed by atoms with Crippen molar-refractivity contribution in [1.29, 1.82) is 5.26 Å². The molecule has 1 aromatic rings. The van der Waals surface area contributed by atoms with Crippen LogP contribution in [0.3, 0.4) is 0 Å². The van der Waals surface area contributed by atoms with E-state index < -0.39 is 0 Å². The number of aliphatic hydroxyl groups is 1. The van der Waals surface area contributed by atoms with Gasteiger partial charge in [0.2, 0.25) is 0 Å². The fourth-order valence-electron chi connectivity index (χ4n) is 1.36. The number of nitrogens with one attached hydrogen (secondary N) is 1. The number of nitrogens with zero attached hydrogens (tertiary/aromatic N) is 1. The molecule has 0 aliphatic heterocycles. The summed E-state index contributed by atoms with van der Waals surface area (Å²) in [5.74, 6) is 0.301. The first-order chi connectivity index (χ1) is 7.58. The van der Waals surface area contributed by atoms with Gasteiger partial charge in [-0.3, -0.25) is 0 Å². The molecule has 0 aliphatic carbocycles. The molecule has 86 valence electrons. The molecule has 0 amide bonds. The Kier molecular flexibility index (Phi) is 4.78. The summed E-state index contributed by atoms with van der Waals surface area (Å²) in [5, 5.41) is 21.4. The SMILES string of the molecule is CC(C)C(CO)Nc1cc(Br)ccc1C#N. The van der Waals surface area contributed by atoms with E-state index in [1.54, 1.807) is 6.07 Å². The second-order valence-electron chi connectivity index (χ2n) is 3.98. The number of nitriles is 1. The molecule has 1 atom stereocenters. The van der Waals surface area contributed by atoms with Crippen LogP contribution in [-0.2, 0) is 0 Å². The van der Waals surface area contributed by atoms with Gasteiger partial charge in [0.25, 0.3) is 0 Å². The lowest BCUT2D eigenvalue weighted by molar-refractivity contribution is 0.249. The van der Waals surface area contributed by atoms with Gasteiger partial charge in [-0.25, -0.2) is 0 Å².